The molecule has 0 saturated carbocycles. The van der Waals surface area contributed by atoms with E-state index in [1.54, 1.807) is 0 Å². The van der Waals surface area contributed by atoms with Gasteiger partial charge in [0.1, 0.15) is 0 Å². The number of rotatable bonds is 2. The average Bonchev–Trinajstić information content (AvgIpc) is 2.62. The molecule has 1 unspecified atom stereocenters. The summed E-state index contributed by atoms with van der Waals surface area (Å²) >= 11 is 0. The van der Waals surface area contributed by atoms with Crippen molar-refractivity contribution >= 4 is 11.0 Å². The molecule has 0 bridgehead atoms. The third-order valence-corrected chi connectivity index (χ3v) is 2.87. The minimum atomic E-state index is 0.529. The Morgan fingerprint density at radius 2 is 2.21 bits per heavy atom. The van der Waals surface area contributed by atoms with Gasteiger partial charge in [-0.05, 0) is 31.9 Å². The molecule has 1 atom stereocenters. The molecule has 0 aliphatic carbocycles. The van der Waals surface area contributed by atoms with E-state index in [1.165, 1.54) is 11.1 Å². The topological polar surface area (TPSA) is 17.8 Å². The number of hydrogen-bond acceptors (Lipinski definition) is 1. The maximum Gasteiger partial charge on any atom is 0.0960 e. The maximum atomic E-state index is 4.45. The van der Waals surface area contributed by atoms with Gasteiger partial charge in [-0.15, -0.1) is 0 Å². The second-order valence-electron chi connectivity index (χ2n) is 3.85. The highest BCUT2D eigenvalue weighted by atomic mass is 15.1. The van der Waals surface area contributed by atoms with Crippen LogP contribution >= 0.6 is 0 Å². The maximum absolute atomic E-state index is 4.45. The Bertz CT molecular complexity index is 443. The van der Waals surface area contributed by atoms with Crippen molar-refractivity contribution in [2.45, 2.75) is 33.2 Å². The van der Waals surface area contributed by atoms with Gasteiger partial charge >= 0.3 is 0 Å². The minimum Gasteiger partial charge on any atom is -0.328 e. The van der Waals surface area contributed by atoms with Gasteiger partial charge in [-0.25, -0.2) is 4.98 Å². The molecule has 2 heteroatoms. The highest BCUT2D eigenvalue weighted by Crippen LogP contribution is 2.21. The van der Waals surface area contributed by atoms with E-state index in [0.29, 0.717) is 6.04 Å². The van der Waals surface area contributed by atoms with Gasteiger partial charge < -0.3 is 4.57 Å². The van der Waals surface area contributed by atoms with Crippen LogP contribution in [0.3, 0.4) is 0 Å². The number of hydrogen-bond donors (Lipinski definition) is 0. The van der Waals surface area contributed by atoms with Gasteiger partial charge in [0, 0.05) is 6.04 Å². The second kappa shape index (κ2) is 3.45. The second-order valence-corrected chi connectivity index (χ2v) is 3.85. The summed E-state index contributed by atoms with van der Waals surface area (Å²) < 4.78 is 2.25. The normalized spacial score (nSPS) is 13.4. The Kier molecular flexibility index (Phi) is 2.28. The van der Waals surface area contributed by atoms with Crippen LogP contribution < -0.4 is 0 Å². The first-order chi connectivity index (χ1) is 6.74. The first-order valence-electron chi connectivity index (χ1n) is 5.16. The molecule has 74 valence electrons. The zero-order chi connectivity index (χ0) is 10.1. The summed E-state index contributed by atoms with van der Waals surface area (Å²) in [5.74, 6) is 0. The summed E-state index contributed by atoms with van der Waals surface area (Å²) in [6, 6.07) is 6.87. The third kappa shape index (κ3) is 1.31. The number of imidazole rings is 1. The number of para-hydroxylation sites is 1. The monoisotopic (exact) mass is 188 g/mol. The number of fused-ring (bicyclic) bond motifs is 1. The van der Waals surface area contributed by atoms with Gasteiger partial charge in [0.2, 0.25) is 0 Å². The van der Waals surface area contributed by atoms with Gasteiger partial charge in [-0.1, -0.05) is 19.1 Å². The lowest BCUT2D eigenvalue weighted by atomic mass is 10.2. The molecule has 0 aliphatic rings. The van der Waals surface area contributed by atoms with Crippen LogP contribution in [0.15, 0.2) is 24.5 Å². The molecule has 0 N–H and O–H groups in total. The quantitative estimate of drug-likeness (QED) is 0.707. The Balaban J connectivity index is 2.63. The van der Waals surface area contributed by atoms with Crippen LogP contribution in [-0.2, 0) is 0 Å². The van der Waals surface area contributed by atoms with E-state index in [4.69, 9.17) is 0 Å². The van der Waals surface area contributed by atoms with Crippen molar-refractivity contribution in [1.29, 1.82) is 0 Å². The van der Waals surface area contributed by atoms with Gasteiger partial charge in [-0.2, -0.15) is 0 Å². The Hall–Kier alpha value is -1.31. The van der Waals surface area contributed by atoms with Crippen LogP contribution in [0.2, 0.25) is 0 Å². The summed E-state index contributed by atoms with van der Waals surface area (Å²) in [4.78, 5) is 4.45. The van der Waals surface area contributed by atoms with Crippen molar-refractivity contribution in [1.82, 2.24) is 9.55 Å². The zero-order valence-corrected chi connectivity index (χ0v) is 8.99. The van der Waals surface area contributed by atoms with E-state index in [-0.39, 0.29) is 0 Å². The largest absolute Gasteiger partial charge is 0.328 e. The van der Waals surface area contributed by atoms with E-state index >= 15 is 0 Å². The number of aromatic nitrogens is 2. The predicted molar refractivity (Wildman–Crippen MR) is 59.5 cm³/mol. The predicted octanol–water partition coefficient (Wildman–Crippen LogP) is 3.32. The summed E-state index contributed by atoms with van der Waals surface area (Å²) in [6.07, 6.45) is 3.09. The standard InChI is InChI=1S/C12H16N2/c1-4-10(3)14-8-13-12-9(2)6-5-7-11(12)14/h5-8,10H,4H2,1-3H3. The van der Waals surface area contributed by atoms with Gasteiger partial charge in [-0.3, -0.25) is 0 Å². The first kappa shape index (κ1) is 9.25. The van der Waals surface area contributed by atoms with Crippen molar-refractivity contribution in [3.63, 3.8) is 0 Å². The molecule has 0 spiro atoms. The summed E-state index contributed by atoms with van der Waals surface area (Å²) in [5.41, 5.74) is 3.64. The van der Waals surface area contributed by atoms with Crippen molar-refractivity contribution in [3.8, 4) is 0 Å². The molecule has 0 radical (unpaired) electrons. The fourth-order valence-electron chi connectivity index (χ4n) is 1.75. The summed E-state index contributed by atoms with van der Waals surface area (Å²) in [7, 11) is 0. The van der Waals surface area contributed by atoms with E-state index in [9.17, 15) is 0 Å². The van der Waals surface area contributed by atoms with E-state index in [2.05, 4.69) is 48.5 Å². The van der Waals surface area contributed by atoms with Crippen LogP contribution in [0.1, 0.15) is 31.9 Å². The molecule has 2 aromatic rings. The molecule has 1 aromatic carbocycles. The van der Waals surface area contributed by atoms with Crippen LogP contribution in [0, 0.1) is 6.92 Å². The van der Waals surface area contributed by atoms with E-state index in [0.717, 1.165) is 11.9 Å². The van der Waals surface area contributed by atoms with Crippen molar-refractivity contribution in [2.24, 2.45) is 0 Å². The van der Waals surface area contributed by atoms with Crippen LogP contribution in [-0.4, -0.2) is 9.55 Å². The van der Waals surface area contributed by atoms with Crippen molar-refractivity contribution < 1.29 is 0 Å². The number of benzene rings is 1. The molecule has 2 nitrogen and oxygen atoms in total. The molecule has 0 amide bonds. The van der Waals surface area contributed by atoms with Crippen molar-refractivity contribution in [2.75, 3.05) is 0 Å². The van der Waals surface area contributed by atoms with Crippen LogP contribution in [0.5, 0.6) is 0 Å². The van der Waals surface area contributed by atoms with Gasteiger partial charge in [0.15, 0.2) is 0 Å². The minimum absolute atomic E-state index is 0.529. The Morgan fingerprint density at radius 1 is 1.43 bits per heavy atom. The lowest BCUT2D eigenvalue weighted by Gasteiger charge is -2.11. The average molecular weight is 188 g/mol. The van der Waals surface area contributed by atoms with E-state index < -0.39 is 0 Å². The lowest BCUT2D eigenvalue weighted by molar-refractivity contribution is 0.544. The van der Waals surface area contributed by atoms with Gasteiger partial charge in [0.25, 0.3) is 0 Å². The zero-order valence-electron chi connectivity index (χ0n) is 8.99. The lowest BCUT2D eigenvalue weighted by Crippen LogP contribution is -2.01. The fourth-order valence-corrected chi connectivity index (χ4v) is 1.75. The number of aryl methyl sites for hydroxylation is 1. The summed E-state index contributed by atoms with van der Waals surface area (Å²) in [5, 5.41) is 0. The molecule has 0 fully saturated rings. The van der Waals surface area contributed by atoms with Crippen LogP contribution in [0.25, 0.3) is 11.0 Å². The molecular weight excluding hydrogens is 172 g/mol. The molecule has 1 aromatic heterocycles. The molecule has 2 rings (SSSR count). The molecule has 1 heterocycles. The molecule has 0 aliphatic heterocycles. The smallest absolute Gasteiger partial charge is 0.0960 e. The molecule has 0 saturated heterocycles. The molecular formula is C12H16N2. The van der Waals surface area contributed by atoms with Crippen molar-refractivity contribution in [3.05, 3.63) is 30.1 Å². The van der Waals surface area contributed by atoms with Crippen LogP contribution in [0.4, 0.5) is 0 Å². The van der Waals surface area contributed by atoms with Gasteiger partial charge in [0.05, 0.1) is 17.4 Å². The number of nitrogens with zero attached hydrogens (tertiary/aromatic N) is 2. The first-order valence-corrected chi connectivity index (χ1v) is 5.16. The van der Waals surface area contributed by atoms with E-state index in [1.807, 2.05) is 6.33 Å². The Labute approximate surface area is 84.6 Å². The highest BCUT2D eigenvalue weighted by Gasteiger charge is 2.07. The molecule has 14 heavy (non-hydrogen) atoms. The SMILES string of the molecule is CCC(C)n1cnc2c(C)cccc21. The highest BCUT2D eigenvalue weighted by molar-refractivity contribution is 5.78. The summed E-state index contributed by atoms with van der Waals surface area (Å²) in [6.45, 7) is 6.53. The third-order valence-electron chi connectivity index (χ3n) is 2.87. The fraction of sp³-hybridized carbons (Fsp3) is 0.417. The Morgan fingerprint density at radius 3 is 2.93 bits per heavy atom.